The number of hydrogen-bond donors (Lipinski definition) is 1. The van der Waals surface area contributed by atoms with E-state index < -0.39 is 0 Å². The highest BCUT2D eigenvalue weighted by molar-refractivity contribution is 5.43. The maximum Gasteiger partial charge on any atom is 0.122 e. The third-order valence-electron chi connectivity index (χ3n) is 3.16. The first-order valence-electron chi connectivity index (χ1n) is 6.48. The average Bonchev–Trinajstić information content (AvgIpc) is 2.31. The van der Waals surface area contributed by atoms with Crippen LogP contribution in [0.2, 0.25) is 0 Å². The number of aliphatic hydroxyl groups is 1. The molecule has 2 nitrogen and oxygen atoms in total. The average molecular weight is 236 g/mol. The van der Waals surface area contributed by atoms with Gasteiger partial charge in [0.2, 0.25) is 0 Å². The van der Waals surface area contributed by atoms with Crippen LogP contribution < -0.4 is 4.74 Å². The molecule has 0 aromatic heterocycles. The molecule has 0 fully saturated rings. The summed E-state index contributed by atoms with van der Waals surface area (Å²) in [7, 11) is 0. The molecule has 0 radical (unpaired) electrons. The molecular formula is C15H24O2. The van der Waals surface area contributed by atoms with Crippen molar-refractivity contribution in [1.82, 2.24) is 0 Å². The Morgan fingerprint density at radius 1 is 1.18 bits per heavy atom. The summed E-state index contributed by atoms with van der Waals surface area (Å²) in [5.41, 5.74) is 3.63. The first kappa shape index (κ1) is 14.0. The summed E-state index contributed by atoms with van der Waals surface area (Å²) in [4.78, 5) is 0. The summed E-state index contributed by atoms with van der Waals surface area (Å²) in [5.74, 6) is 1.22. The van der Waals surface area contributed by atoms with E-state index in [1.807, 2.05) is 6.92 Å². The Balaban J connectivity index is 3.04. The molecule has 2 heteroatoms. The van der Waals surface area contributed by atoms with Crippen molar-refractivity contribution in [2.45, 2.75) is 46.5 Å². The monoisotopic (exact) mass is 236 g/mol. The first-order valence-corrected chi connectivity index (χ1v) is 6.48. The predicted octanol–water partition coefficient (Wildman–Crippen LogP) is 3.58. The number of benzene rings is 1. The molecule has 0 aliphatic heterocycles. The van der Waals surface area contributed by atoms with E-state index in [4.69, 9.17) is 4.74 Å². The van der Waals surface area contributed by atoms with E-state index in [1.54, 1.807) is 0 Å². The van der Waals surface area contributed by atoms with E-state index in [1.165, 1.54) is 11.1 Å². The molecule has 0 saturated heterocycles. The molecule has 0 amide bonds. The van der Waals surface area contributed by atoms with Gasteiger partial charge < -0.3 is 9.84 Å². The SMILES string of the molecule is CCCC(CO)c1cc(C)c(OCC)cc1C. The highest BCUT2D eigenvalue weighted by Gasteiger charge is 2.14. The van der Waals surface area contributed by atoms with Crippen LogP contribution in [0.3, 0.4) is 0 Å². The van der Waals surface area contributed by atoms with Crippen molar-refractivity contribution >= 4 is 0 Å². The molecular weight excluding hydrogens is 212 g/mol. The van der Waals surface area contributed by atoms with Gasteiger partial charge >= 0.3 is 0 Å². The van der Waals surface area contributed by atoms with Gasteiger partial charge in [-0.05, 0) is 49.9 Å². The molecule has 1 N–H and O–H groups in total. The smallest absolute Gasteiger partial charge is 0.122 e. The predicted molar refractivity (Wildman–Crippen MR) is 71.8 cm³/mol. The van der Waals surface area contributed by atoms with E-state index in [2.05, 4.69) is 32.9 Å². The van der Waals surface area contributed by atoms with E-state index >= 15 is 0 Å². The van der Waals surface area contributed by atoms with Crippen LogP contribution in [0.1, 0.15) is 49.3 Å². The van der Waals surface area contributed by atoms with Gasteiger partial charge in [-0.2, -0.15) is 0 Å². The number of rotatable bonds is 6. The number of ether oxygens (including phenoxy) is 1. The van der Waals surface area contributed by atoms with Crippen molar-refractivity contribution in [3.8, 4) is 5.75 Å². The fourth-order valence-corrected chi connectivity index (χ4v) is 2.26. The Labute approximate surface area is 105 Å². The van der Waals surface area contributed by atoms with Crippen LogP contribution in [-0.2, 0) is 0 Å². The number of hydrogen-bond acceptors (Lipinski definition) is 2. The lowest BCUT2D eigenvalue weighted by Gasteiger charge is -2.19. The normalized spacial score (nSPS) is 12.5. The van der Waals surface area contributed by atoms with Crippen LogP contribution in [0.4, 0.5) is 0 Å². The second-order valence-electron chi connectivity index (χ2n) is 4.58. The van der Waals surface area contributed by atoms with Crippen LogP contribution in [0, 0.1) is 13.8 Å². The zero-order valence-corrected chi connectivity index (χ0v) is 11.4. The van der Waals surface area contributed by atoms with E-state index in [9.17, 15) is 5.11 Å². The zero-order chi connectivity index (χ0) is 12.8. The van der Waals surface area contributed by atoms with Crippen molar-refractivity contribution in [1.29, 1.82) is 0 Å². The molecule has 1 unspecified atom stereocenters. The highest BCUT2D eigenvalue weighted by Crippen LogP contribution is 2.30. The topological polar surface area (TPSA) is 29.5 Å². The molecule has 1 atom stereocenters. The van der Waals surface area contributed by atoms with Crippen LogP contribution in [0.15, 0.2) is 12.1 Å². The van der Waals surface area contributed by atoms with Crippen molar-refractivity contribution in [2.24, 2.45) is 0 Å². The minimum Gasteiger partial charge on any atom is -0.494 e. The quantitative estimate of drug-likeness (QED) is 0.818. The van der Waals surface area contributed by atoms with Gasteiger partial charge in [-0.3, -0.25) is 0 Å². The Morgan fingerprint density at radius 2 is 1.88 bits per heavy atom. The minimum absolute atomic E-state index is 0.224. The van der Waals surface area contributed by atoms with Crippen molar-refractivity contribution in [2.75, 3.05) is 13.2 Å². The summed E-state index contributed by atoms with van der Waals surface area (Å²) >= 11 is 0. The molecule has 17 heavy (non-hydrogen) atoms. The molecule has 0 saturated carbocycles. The lowest BCUT2D eigenvalue weighted by Crippen LogP contribution is -2.07. The van der Waals surface area contributed by atoms with Gasteiger partial charge in [0.05, 0.1) is 6.61 Å². The van der Waals surface area contributed by atoms with Gasteiger partial charge in [-0.15, -0.1) is 0 Å². The van der Waals surface area contributed by atoms with Crippen LogP contribution >= 0.6 is 0 Å². The summed E-state index contributed by atoms with van der Waals surface area (Å²) in [5, 5.41) is 9.47. The lowest BCUT2D eigenvalue weighted by atomic mass is 9.90. The number of aliphatic hydroxyl groups excluding tert-OH is 1. The summed E-state index contributed by atoms with van der Waals surface area (Å²) in [6.07, 6.45) is 2.13. The van der Waals surface area contributed by atoms with Gasteiger partial charge in [0.25, 0.3) is 0 Å². The van der Waals surface area contributed by atoms with Gasteiger partial charge in [-0.1, -0.05) is 19.4 Å². The van der Waals surface area contributed by atoms with Crippen molar-refractivity contribution < 1.29 is 9.84 Å². The van der Waals surface area contributed by atoms with Crippen LogP contribution in [0.25, 0.3) is 0 Å². The molecule has 0 aliphatic carbocycles. The standard InChI is InChI=1S/C15H24O2/c1-5-7-13(10-16)14-8-12(4)15(17-6-2)9-11(14)3/h8-9,13,16H,5-7,10H2,1-4H3. The lowest BCUT2D eigenvalue weighted by molar-refractivity contribution is 0.258. The highest BCUT2D eigenvalue weighted by atomic mass is 16.5. The maximum atomic E-state index is 9.47. The van der Waals surface area contributed by atoms with Crippen molar-refractivity contribution in [3.05, 3.63) is 28.8 Å². The molecule has 96 valence electrons. The zero-order valence-electron chi connectivity index (χ0n) is 11.4. The van der Waals surface area contributed by atoms with Gasteiger partial charge in [-0.25, -0.2) is 0 Å². The summed E-state index contributed by atoms with van der Waals surface area (Å²) in [6, 6.07) is 4.25. The second-order valence-corrected chi connectivity index (χ2v) is 4.58. The molecule has 0 bridgehead atoms. The van der Waals surface area contributed by atoms with Crippen LogP contribution in [-0.4, -0.2) is 18.3 Å². The van der Waals surface area contributed by atoms with Crippen LogP contribution in [0.5, 0.6) is 5.75 Å². The minimum atomic E-state index is 0.224. The largest absolute Gasteiger partial charge is 0.494 e. The fourth-order valence-electron chi connectivity index (χ4n) is 2.26. The first-order chi connectivity index (χ1) is 8.13. The molecule has 0 heterocycles. The Morgan fingerprint density at radius 3 is 2.41 bits per heavy atom. The summed E-state index contributed by atoms with van der Waals surface area (Å²) < 4.78 is 5.58. The second kappa shape index (κ2) is 6.65. The van der Waals surface area contributed by atoms with Gasteiger partial charge in [0.15, 0.2) is 0 Å². The number of aryl methyl sites for hydroxylation is 2. The molecule has 1 rings (SSSR count). The molecule has 1 aromatic carbocycles. The van der Waals surface area contributed by atoms with E-state index in [-0.39, 0.29) is 12.5 Å². The third kappa shape index (κ3) is 3.47. The van der Waals surface area contributed by atoms with E-state index in [0.717, 1.165) is 24.2 Å². The summed E-state index contributed by atoms with van der Waals surface area (Å²) in [6.45, 7) is 9.22. The van der Waals surface area contributed by atoms with E-state index in [0.29, 0.717) is 6.61 Å². The van der Waals surface area contributed by atoms with Gasteiger partial charge in [0, 0.05) is 12.5 Å². The van der Waals surface area contributed by atoms with Crippen molar-refractivity contribution in [3.63, 3.8) is 0 Å². The molecule has 0 aliphatic rings. The third-order valence-corrected chi connectivity index (χ3v) is 3.16. The Kier molecular flexibility index (Phi) is 5.49. The Bertz CT molecular complexity index is 358. The Hall–Kier alpha value is -1.02. The van der Waals surface area contributed by atoms with Gasteiger partial charge in [0.1, 0.15) is 5.75 Å². The fraction of sp³-hybridized carbons (Fsp3) is 0.600. The molecule has 1 aromatic rings. The molecule has 0 spiro atoms. The maximum absolute atomic E-state index is 9.47.